The molecule has 0 aliphatic heterocycles. The van der Waals surface area contributed by atoms with Crippen molar-refractivity contribution < 1.29 is 0 Å². The Balaban J connectivity index is 2.10. The maximum atomic E-state index is 5.92. The molecule has 0 unspecified atom stereocenters. The van der Waals surface area contributed by atoms with Gasteiger partial charge in [-0.2, -0.15) is 9.97 Å². The predicted octanol–water partition coefficient (Wildman–Crippen LogP) is 3.66. The number of halogens is 1. The first-order valence-corrected chi connectivity index (χ1v) is 5.95. The minimum Gasteiger partial charge on any atom is -0.343 e. The van der Waals surface area contributed by atoms with Gasteiger partial charge < -0.3 is 10.3 Å². The van der Waals surface area contributed by atoms with Crippen molar-refractivity contribution in [2.24, 2.45) is 0 Å². The van der Waals surface area contributed by atoms with Crippen LogP contribution in [0.15, 0.2) is 36.4 Å². The molecular formula is C13H11ClN4. The standard InChI is InChI=1S/C13H11ClN4/c1-8-7-10-11(15-8)17-13(14)18-12(10)16-9-5-3-2-4-6-9/h2-7H,1H3,(H2,15,16,17,18). The molecule has 0 aliphatic carbocycles. The lowest BCUT2D eigenvalue weighted by Crippen LogP contribution is -1.96. The maximum Gasteiger partial charge on any atom is 0.226 e. The van der Waals surface area contributed by atoms with Gasteiger partial charge >= 0.3 is 0 Å². The Bertz CT molecular complexity index is 691. The molecule has 0 radical (unpaired) electrons. The van der Waals surface area contributed by atoms with Gasteiger partial charge in [0.15, 0.2) is 0 Å². The highest BCUT2D eigenvalue weighted by Gasteiger charge is 2.09. The van der Waals surface area contributed by atoms with Crippen LogP contribution in [0.1, 0.15) is 5.69 Å². The summed E-state index contributed by atoms with van der Waals surface area (Å²) < 4.78 is 0. The number of fused-ring (bicyclic) bond motifs is 1. The topological polar surface area (TPSA) is 53.6 Å². The largest absolute Gasteiger partial charge is 0.343 e. The molecule has 0 saturated carbocycles. The monoisotopic (exact) mass is 258 g/mol. The molecule has 0 bridgehead atoms. The number of aromatic nitrogens is 3. The van der Waals surface area contributed by atoms with Crippen molar-refractivity contribution in [2.75, 3.05) is 5.32 Å². The van der Waals surface area contributed by atoms with Gasteiger partial charge in [0.1, 0.15) is 11.5 Å². The molecule has 2 N–H and O–H groups in total. The van der Waals surface area contributed by atoms with E-state index in [9.17, 15) is 0 Å². The van der Waals surface area contributed by atoms with Crippen molar-refractivity contribution in [1.82, 2.24) is 15.0 Å². The van der Waals surface area contributed by atoms with Crippen molar-refractivity contribution in [2.45, 2.75) is 6.92 Å². The van der Waals surface area contributed by atoms with Crippen LogP contribution in [-0.4, -0.2) is 15.0 Å². The van der Waals surface area contributed by atoms with E-state index < -0.39 is 0 Å². The fourth-order valence-corrected chi connectivity index (χ4v) is 2.04. The highest BCUT2D eigenvalue weighted by molar-refractivity contribution is 6.28. The van der Waals surface area contributed by atoms with Crippen LogP contribution >= 0.6 is 11.6 Å². The molecule has 2 heterocycles. The zero-order chi connectivity index (χ0) is 12.5. The van der Waals surface area contributed by atoms with Crippen LogP contribution in [0.2, 0.25) is 5.28 Å². The Hall–Kier alpha value is -2.07. The molecule has 0 aliphatic rings. The van der Waals surface area contributed by atoms with E-state index in [0.717, 1.165) is 22.4 Å². The number of benzene rings is 1. The third-order valence-corrected chi connectivity index (χ3v) is 2.80. The van der Waals surface area contributed by atoms with Gasteiger partial charge in [-0.1, -0.05) is 18.2 Å². The number of hydrogen-bond acceptors (Lipinski definition) is 3. The van der Waals surface area contributed by atoms with E-state index >= 15 is 0 Å². The molecule has 4 nitrogen and oxygen atoms in total. The molecule has 0 atom stereocenters. The van der Waals surface area contributed by atoms with E-state index in [-0.39, 0.29) is 5.28 Å². The number of rotatable bonds is 2. The smallest absolute Gasteiger partial charge is 0.226 e. The van der Waals surface area contributed by atoms with E-state index in [1.165, 1.54) is 0 Å². The van der Waals surface area contributed by atoms with Gasteiger partial charge in [-0.25, -0.2) is 0 Å². The first-order valence-electron chi connectivity index (χ1n) is 5.57. The SMILES string of the molecule is Cc1cc2c(Nc3ccccc3)nc(Cl)nc2[nH]1. The van der Waals surface area contributed by atoms with Crippen molar-refractivity contribution in [3.05, 3.63) is 47.4 Å². The Morgan fingerprint density at radius 3 is 2.72 bits per heavy atom. The maximum absolute atomic E-state index is 5.92. The molecule has 3 rings (SSSR count). The molecule has 1 aromatic carbocycles. The van der Waals surface area contributed by atoms with Crippen molar-refractivity contribution >= 4 is 34.1 Å². The number of nitrogens with one attached hydrogen (secondary N) is 2. The number of para-hydroxylation sites is 1. The van der Waals surface area contributed by atoms with Crippen LogP contribution in [-0.2, 0) is 0 Å². The lowest BCUT2D eigenvalue weighted by atomic mass is 10.3. The molecule has 0 saturated heterocycles. The predicted molar refractivity (Wildman–Crippen MR) is 73.4 cm³/mol. The Morgan fingerprint density at radius 2 is 1.94 bits per heavy atom. The summed E-state index contributed by atoms with van der Waals surface area (Å²) in [6, 6.07) is 11.8. The van der Waals surface area contributed by atoms with Crippen LogP contribution in [0.3, 0.4) is 0 Å². The number of nitrogens with zero attached hydrogens (tertiary/aromatic N) is 2. The second kappa shape index (κ2) is 4.31. The minimum atomic E-state index is 0.225. The molecule has 0 spiro atoms. The number of aromatic amines is 1. The summed E-state index contributed by atoms with van der Waals surface area (Å²) in [5, 5.41) is 4.40. The summed E-state index contributed by atoms with van der Waals surface area (Å²) in [6.07, 6.45) is 0. The quantitative estimate of drug-likeness (QED) is 0.690. The van der Waals surface area contributed by atoms with Crippen LogP contribution in [0.4, 0.5) is 11.5 Å². The molecular weight excluding hydrogens is 248 g/mol. The third kappa shape index (κ3) is 2.02. The summed E-state index contributed by atoms with van der Waals surface area (Å²) in [7, 11) is 0. The first-order chi connectivity index (χ1) is 8.72. The van der Waals surface area contributed by atoms with Crippen molar-refractivity contribution in [3.8, 4) is 0 Å². The number of anilines is 2. The molecule has 18 heavy (non-hydrogen) atoms. The zero-order valence-electron chi connectivity index (χ0n) is 9.74. The number of H-pyrrole nitrogens is 1. The summed E-state index contributed by atoms with van der Waals surface area (Å²) in [6.45, 7) is 1.97. The van der Waals surface area contributed by atoms with E-state index in [2.05, 4.69) is 20.3 Å². The normalized spacial score (nSPS) is 10.8. The summed E-state index contributed by atoms with van der Waals surface area (Å²) in [5.41, 5.74) is 2.73. The van der Waals surface area contributed by atoms with Gasteiger partial charge in [-0.05, 0) is 36.7 Å². The van der Waals surface area contributed by atoms with Gasteiger partial charge in [0.05, 0.1) is 5.39 Å². The summed E-state index contributed by atoms with van der Waals surface area (Å²) in [4.78, 5) is 11.5. The summed E-state index contributed by atoms with van der Waals surface area (Å²) in [5.74, 6) is 0.709. The lowest BCUT2D eigenvalue weighted by molar-refractivity contribution is 1.18. The van der Waals surface area contributed by atoms with Crippen LogP contribution in [0.5, 0.6) is 0 Å². The van der Waals surface area contributed by atoms with Crippen LogP contribution in [0.25, 0.3) is 11.0 Å². The number of hydrogen-bond donors (Lipinski definition) is 2. The third-order valence-electron chi connectivity index (χ3n) is 2.63. The fraction of sp³-hybridized carbons (Fsp3) is 0.0769. The molecule has 3 aromatic rings. The molecule has 90 valence electrons. The van der Waals surface area contributed by atoms with E-state index in [0.29, 0.717) is 5.82 Å². The van der Waals surface area contributed by atoms with Gasteiger partial charge in [0.2, 0.25) is 5.28 Å². The minimum absolute atomic E-state index is 0.225. The second-order valence-corrected chi connectivity index (χ2v) is 4.38. The van der Waals surface area contributed by atoms with Crippen molar-refractivity contribution in [3.63, 3.8) is 0 Å². The van der Waals surface area contributed by atoms with Crippen LogP contribution in [0, 0.1) is 6.92 Å². The van der Waals surface area contributed by atoms with Crippen molar-refractivity contribution in [1.29, 1.82) is 0 Å². The van der Waals surface area contributed by atoms with Gasteiger partial charge in [-0.15, -0.1) is 0 Å². The molecule has 2 aromatic heterocycles. The second-order valence-electron chi connectivity index (χ2n) is 4.05. The van der Waals surface area contributed by atoms with Gasteiger partial charge in [0, 0.05) is 11.4 Å². The Kier molecular flexibility index (Phi) is 2.64. The number of aryl methyl sites for hydroxylation is 1. The Labute approximate surface area is 109 Å². The Morgan fingerprint density at radius 1 is 1.17 bits per heavy atom. The van der Waals surface area contributed by atoms with Gasteiger partial charge in [0.25, 0.3) is 0 Å². The lowest BCUT2D eigenvalue weighted by Gasteiger charge is -2.06. The molecule has 0 fully saturated rings. The fourth-order valence-electron chi connectivity index (χ4n) is 1.87. The first kappa shape index (κ1) is 11.0. The highest BCUT2D eigenvalue weighted by atomic mass is 35.5. The average molecular weight is 259 g/mol. The highest BCUT2D eigenvalue weighted by Crippen LogP contribution is 2.25. The van der Waals surface area contributed by atoms with E-state index in [1.807, 2.05) is 43.3 Å². The molecule has 5 heteroatoms. The van der Waals surface area contributed by atoms with E-state index in [4.69, 9.17) is 11.6 Å². The average Bonchev–Trinajstić information content (AvgIpc) is 2.71. The van der Waals surface area contributed by atoms with Crippen LogP contribution < -0.4 is 5.32 Å². The summed E-state index contributed by atoms with van der Waals surface area (Å²) >= 11 is 5.92. The molecule has 0 amide bonds. The van der Waals surface area contributed by atoms with Gasteiger partial charge in [-0.3, -0.25) is 0 Å². The van der Waals surface area contributed by atoms with E-state index in [1.54, 1.807) is 0 Å². The zero-order valence-corrected chi connectivity index (χ0v) is 10.5.